The van der Waals surface area contributed by atoms with Crippen LogP contribution in [0.5, 0.6) is 0 Å². The lowest BCUT2D eigenvalue weighted by Crippen LogP contribution is -2.36. The summed E-state index contributed by atoms with van der Waals surface area (Å²) in [6, 6.07) is 14.2. The van der Waals surface area contributed by atoms with Crippen molar-refractivity contribution in [1.29, 1.82) is 0 Å². The van der Waals surface area contributed by atoms with Gasteiger partial charge in [-0.15, -0.1) is 11.3 Å². The fourth-order valence-corrected chi connectivity index (χ4v) is 5.99. The first-order valence-corrected chi connectivity index (χ1v) is 12.9. The number of nitrogens with one attached hydrogen (secondary N) is 2. The molecule has 3 atom stereocenters. The number of likely N-dealkylation sites (tertiary alicyclic amines) is 1. The Hall–Kier alpha value is -3.07. The number of aromatic nitrogens is 1. The molecule has 8 heteroatoms. The zero-order valence-corrected chi connectivity index (χ0v) is 20.8. The first kappa shape index (κ1) is 23.7. The summed E-state index contributed by atoms with van der Waals surface area (Å²) in [6.07, 6.45) is 0.764. The Balaban J connectivity index is 1.57. The molecule has 3 N–H and O–H groups in total. The lowest BCUT2D eigenvalue weighted by atomic mass is 9.79. The number of hydrogen-bond acceptors (Lipinski definition) is 6. The molecule has 2 aliphatic heterocycles. The van der Waals surface area contributed by atoms with Crippen LogP contribution in [0.25, 0.3) is 10.6 Å². The molecule has 2 aliphatic rings. The molecule has 1 aromatic heterocycles. The van der Waals surface area contributed by atoms with Crippen molar-refractivity contribution in [2.45, 2.75) is 37.7 Å². The van der Waals surface area contributed by atoms with Gasteiger partial charge in [-0.2, -0.15) is 0 Å². The van der Waals surface area contributed by atoms with Crippen molar-refractivity contribution < 1.29 is 14.7 Å². The fourth-order valence-electron chi connectivity index (χ4n) is 5.20. The van der Waals surface area contributed by atoms with Gasteiger partial charge < -0.3 is 20.6 Å². The van der Waals surface area contributed by atoms with Crippen molar-refractivity contribution in [3.05, 3.63) is 70.2 Å². The molecule has 7 nitrogen and oxygen atoms in total. The minimum Gasteiger partial charge on any atom is -0.392 e. The third-order valence-electron chi connectivity index (χ3n) is 6.93. The molecule has 5 rings (SSSR count). The van der Waals surface area contributed by atoms with E-state index in [0.717, 1.165) is 51.6 Å². The van der Waals surface area contributed by atoms with Gasteiger partial charge in [-0.3, -0.25) is 9.59 Å². The highest BCUT2D eigenvalue weighted by Crippen LogP contribution is 2.39. The summed E-state index contributed by atoms with van der Waals surface area (Å²) in [5.74, 6) is -0.720. The molecule has 35 heavy (non-hydrogen) atoms. The first-order valence-electron chi connectivity index (χ1n) is 12.0. The second-order valence-corrected chi connectivity index (χ2v) is 10.3. The number of rotatable bonds is 7. The lowest BCUT2D eigenvalue weighted by Gasteiger charge is -2.31. The predicted octanol–water partition coefficient (Wildman–Crippen LogP) is 3.29. The van der Waals surface area contributed by atoms with Gasteiger partial charge >= 0.3 is 0 Å². The lowest BCUT2D eigenvalue weighted by molar-refractivity contribution is -0.122. The van der Waals surface area contributed by atoms with Crippen LogP contribution in [-0.4, -0.2) is 59.6 Å². The van der Waals surface area contributed by atoms with E-state index in [4.69, 9.17) is 0 Å². The van der Waals surface area contributed by atoms with Crippen molar-refractivity contribution in [2.75, 3.05) is 32.0 Å². The zero-order valence-electron chi connectivity index (χ0n) is 20.0. The van der Waals surface area contributed by atoms with Gasteiger partial charge in [0.15, 0.2) is 0 Å². The number of aryl methyl sites for hydroxylation is 1. The van der Waals surface area contributed by atoms with E-state index < -0.39 is 5.92 Å². The van der Waals surface area contributed by atoms with Crippen LogP contribution >= 0.6 is 11.3 Å². The summed E-state index contributed by atoms with van der Waals surface area (Å²) in [5, 5.41) is 18.9. The normalized spacial score (nSPS) is 19.3. The topological polar surface area (TPSA) is 94.6 Å². The molecule has 182 valence electrons. The molecule has 1 fully saturated rings. The summed E-state index contributed by atoms with van der Waals surface area (Å²) in [4.78, 5) is 32.2. The van der Waals surface area contributed by atoms with Gasteiger partial charge in [0.05, 0.1) is 18.4 Å². The number of carbonyl (C=O) groups excluding carboxylic acids is 2. The number of thiazole rings is 1. The van der Waals surface area contributed by atoms with E-state index in [9.17, 15) is 14.7 Å². The van der Waals surface area contributed by atoms with Crippen LogP contribution in [0.4, 0.5) is 5.69 Å². The van der Waals surface area contributed by atoms with E-state index >= 15 is 0 Å². The highest BCUT2D eigenvalue weighted by Gasteiger charge is 2.35. The molecule has 0 aliphatic carbocycles. The Morgan fingerprint density at radius 2 is 2.14 bits per heavy atom. The van der Waals surface area contributed by atoms with E-state index in [1.165, 1.54) is 0 Å². The standard InChI is InChI=1S/C27H30N4O3S/c1-16-15-35-27(29-16)20-5-3-4-17(10-20)22(14-31-9-8-21(32)13-31)25(26(34)28-2)19-7-6-18-12-24(33)30-23(18)11-19/h3-7,10-11,15,21-22,25,32H,8-9,12-14H2,1-2H3,(H,28,34)(H,30,33)/t21-,22+,25?/m0/s1. The molecule has 2 aromatic carbocycles. The number of likely N-dealkylation sites (N-methyl/N-ethyl adjacent to an activating group) is 1. The number of nitrogens with zero attached hydrogens (tertiary/aromatic N) is 2. The average molecular weight is 491 g/mol. The molecule has 1 saturated heterocycles. The maximum absolute atomic E-state index is 13.4. The molecule has 2 amide bonds. The number of anilines is 1. The molecule has 0 saturated carbocycles. The minimum atomic E-state index is -0.464. The number of aliphatic hydroxyl groups is 1. The molecule has 3 aromatic rings. The maximum atomic E-state index is 13.4. The van der Waals surface area contributed by atoms with Crippen molar-refractivity contribution in [2.24, 2.45) is 0 Å². The molecular weight excluding hydrogens is 460 g/mol. The van der Waals surface area contributed by atoms with Gasteiger partial charge in [0.2, 0.25) is 11.8 Å². The van der Waals surface area contributed by atoms with E-state index in [1.807, 2.05) is 36.6 Å². The summed E-state index contributed by atoms with van der Waals surface area (Å²) in [6.45, 7) is 4.02. The Labute approximate surface area is 209 Å². The molecule has 3 heterocycles. The van der Waals surface area contributed by atoms with Crippen LogP contribution in [0.1, 0.15) is 40.6 Å². The fraction of sp³-hybridized carbons (Fsp3) is 0.370. The van der Waals surface area contributed by atoms with Gasteiger partial charge in [-0.05, 0) is 42.2 Å². The average Bonchev–Trinajstić information content (AvgIpc) is 3.57. The third kappa shape index (κ3) is 5.00. The van der Waals surface area contributed by atoms with Crippen LogP contribution in [0, 0.1) is 6.92 Å². The van der Waals surface area contributed by atoms with Crippen molar-refractivity contribution in [3.8, 4) is 10.6 Å². The predicted molar refractivity (Wildman–Crippen MR) is 138 cm³/mol. The molecule has 1 unspecified atom stereocenters. The van der Waals surface area contributed by atoms with Gasteiger partial charge in [0.1, 0.15) is 5.01 Å². The highest BCUT2D eigenvalue weighted by molar-refractivity contribution is 7.13. The first-order chi connectivity index (χ1) is 16.9. The summed E-state index contributed by atoms with van der Waals surface area (Å²) in [5.41, 5.74) is 5.67. The number of carbonyl (C=O) groups is 2. The number of benzene rings is 2. The Morgan fingerprint density at radius 3 is 2.86 bits per heavy atom. The molecule has 0 spiro atoms. The summed E-state index contributed by atoms with van der Waals surface area (Å²) in [7, 11) is 1.66. The smallest absolute Gasteiger partial charge is 0.228 e. The number of fused-ring (bicyclic) bond motifs is 1. The molecule has 0 radical (unpaired) electrons. The van der Waals surface area contributed by atoms with Gasteiger partial charge in [0.25, 0.3) is 0 Å². The van der Waals surface area contributed by atoms with E-state index in [-0.39, 0.29) is 23.8 Å². The van der Waals surface area contributed by atoms with Crippen LogP contribution < -0.4 is 10.6 Å². The van der Waals surface area contributed by atoms with Crippen molar-refractivity contribution >= 4 is 28.8 Å². The number of aliphatic hydroxyl groups excluding tert-OH is 1. The monoisotopic (exact) mass is 490 g/mol. The van der Waals surface area contributed by atoms with E-state index in [2.05, 4.69) is 38.7 Å². The van der Waals surface area contributed by atoms with E-state index in [1.54, 1.807) is 18.4 Å². The largest absolute Gasteiger partial charge is 0.392 e. The highest BCUT2D eigenvalue weighted by atomic mass is 32.1. The number of β-amino-alcohol motifs (C(OH)–C–C–N with tert-alkyl or cyclic N) is 1. The van der Waals surface area contributed by atoms with Crippen molar-refractivity contribution in [1.82, 2.24) is 15.2 Å². The van der Waals surface area contributed by atoms with Crippen LogP contribution in [0.3, 0.4) is 0 Å². The second-order valence-electron chi connectivity index (χ2n) is 9.46. The maximum Gasteiger partial charge on any atom is 0.228 e. The van der Waals surface area contributed by atoms with Crippen LogP contribution in [0.15, 0.2) is 47.8 Å². The quantitative estimate of drug-likeness (QED) is 0.473. The van der Waals surface area contributed by atoms with E-state index in [0.29, 0.717) is 19.5 Å². The number of amides is 2. The Morgan fingerprint density at radius 1 is 1.29 bits per heavy atom. The minimum absolute atomic E-state index is 0.0253. The van der Waals surface area contributed by atoms with Gasteiger partial charge in [-0.25, -0.2) is 4.98 Å². The van der Waals surface area contributed by atoms with Crippen molar-refractivity contribution in [3.63, 3.8) is 0 Å². The number of hydrogen-bond donors (Lipinski definition) is 3. The summed E-state index contributed by atoms with van der Waals surface area (Å²) < 4.78 is 0. The third-order valence-corrected chi connectivity index (χ3v) is 7.94. The Bertz CT molecular complexity index is 1260. The SMILES string of the molecule is CNC(=O)C(c1ccc2c(c1)NC(=O)C2)[C@H](CN1CC[C@H](O)C1)c1cccc(-c2nc(C)cs2)c1. The van der Waals surface area contributed by atoms with Crippen LogP contribution in [-0.2, 0) is 16.0 Å². The van der Waals surface area contributed by atoms with Gasteiger partial charge in [-0.1, -0.05) is 30.3 Å². The molecule has 0 bridgehead atoms. The second kappa shape index (κ2) is 9.89. The van der Waals surface area contributed by atoms with Gasteiger partial charge in [0, 0.05) is 54.9 Å². The van der Waals surface area contributed by atoms with Crippen LogP contribution in [0.2, 0.25) is 0 Å². The molecular formula is C27H30N4O3S. The zero-order chi connectivity index (χ0) is 24.5. The summed E-state index contributed by atoms with van der Waals surface area (Å²) >= 11 is 1.61. The Kier molecular flexibility index (Phi) is 6.69.